The van der Waals surface area contributed by atoms with E-state index in [1.54, 1.807) is 0 Å². The van der Waals surface area contributed by atoms with Gasteiger partial charge in [-0.25, -0.2) is 0 Å². The molecule has 10 unspecified atom stereocenters. The van der Waals surface area contributed by atoms with E-state index < -0.39 is 74.3 Å². The van der Waals surface area contributed by atoms with E-state index in [9.17, 15) is 51.1 Å². The Hall–Kier alpha value is -0.480. The van der Waals surface area contributed by atoms with E-state index >= 15 is 0 Å². The molecule has 10 atom stereocenters. The highest BCUT2D eigenvalue weighted by atomic mass is 16.4. The minimum Gasteiger partial charge on any atom is -0.394 e. The summed E-state index contributed by atoms with van der Waals surface area (Å²) >= 11 is 0. The van der Waals surface area contributed by atoms with Crippen LogP contribution in [-0.4, -0.2) is 136 Å². The third-order valence-electron chi connectivity index (χ3n) is 5.41. The Labute approximate surface area is 187 Å². The van der Waals surface area contributed by atoms with Crippen molar-refractivity contribution in [1.82, 2.24) is 0 Å². The zero-order chi connectivity index (χ0) is 24.8. The molecule has 0 aromatic carbocycles. The minimum atomic E-state index is -1.37. The lowest BCUT2D eigenvalue weighted by Gasteiger charge is -2.25. The Kier molecular flexibility index (Phi) is 16.8. The van der Waals surface area contributed by atoms with Gasteiger partial charge in [0.15, 0.2) is 0 Å². The number of aliphatic hydroxyl groups excluding tert-OH is 12. The van der Waals surface area contributed by atoms with Crippen molar-refractivity contribution < 1.29 is 61.3 Å². The third-order valence-corrected chi connectivity index (χ3v) is 5.41. The molecule has 12 heteroatoms. The van der Waals surface area contributed by atoms with E-state index in [1.807, 2.05) is 0 Å². The molecule has 0 bridgehead atoms. The van der Waals surface area contributed by atoms with E-state index in [1.165, 1.54) is 0 Å². The number of hydrogen-bond donors (Lipinski definition) is 12. The van der Waals surface area contributed by atoms with Crippen LogP contribution in [0.5, 0.6) is 0 Å². The summed E-state index contributed by atoms with van der Waals surface area (Å²) in [5, 5.41) is 115. The summed E-state index contributed by atoms with van der Waals surface area (Å²) in [4.78, 5) is 0. The summed E-state index contributed by atoms with van der Waals surface area (Å²) in [7, 11) is 0. The van der Waals surface area contributed by atoms with Crippen LogP contribution in [0.25, 0.3) is 0 Å². The molecule has 32 heavy (non-hydrogen) atoms. The Bertz CT molecular complexity index is 456. The lowest BCUT2D eigenvalue weighted by molar-refractivity contribution is -0.0498. The molecule has 0 aliphatic carbocycles. The molecule has 0 saturated heterocycles. The minimum absolute atomic E-state index is 0.0287. The van der Waals surface area contributed by atoms with Gasteiger partial charge in [-0.3, -0.25) is 0 Å². The molecule has 0 radical (unpaired) electrons. The maximum Gasteiger partial charge on any atom is 0.103 e. The highest BCUT2D eigenvalue weighted by Gasteiger charge is 2.26. The van der Waals surface area contributed by atoms with E-state index in [4.69, 9.17) is 10.2 Å². The molecule has 0 fully saturated rings. The predicted molar refractivity (Wildman–Crippen MR) is 111 cm³/mol. The Morgan fingerprint density at radius 2 is 0.688 bits per heavy atom. The van der Waals surface area contributed by atoms with Crippen molar-refractivity contribution in [1.29, 1.82) is 0 Å². The first-order valence-corrected chi connectivity index (χ1v) is 10.9. The monoisotopic (exact) mass is 474 g/mol. The van der Waals surface area contributed by atoms with E-state index in [0.29, 0.717) is 0 Å². The second-order valence-electron chi connectivity index (χ2n) is 8.48. The first-order chi connectivity index (χ1) is 14.9. The van der Waals surface area contributed by atoms with Gasteiger partial charge in [0, 0.05) is 25.7 Å². The van der Waals surface area contributed by atoms with Gasteiger partial charge in [-0.15, -0.1) is 0 Å². The Balaban J connectivity index is 4.21. The van der Waals surface area contributed by atoms with Gasteiger partial charge in [0.1, 0.15) is 6.10 Å². The van der Waals surface area contributed by atoms with E-state index in [2.05, 4.69) is 0 Å². The molecule has 0 aromatic rings. The molecule has 0 aromatic heterocycles. The molecule has 0 rings (SSSR count). The fraction of sp³-hybridized carbons (Fsp3) is 1.00. The van der Waals surface area contributed by atoms with Crippen LogP contribution in [0.1, 0.15) is 51.4 Å². The highest BCUT2D eigenvalue weighted by Crippen LogP contribution is 2.17. The van der Waals surface area contributed by atoms with Crippen LogP contribution < -0.4 is 0 Å². The fourth-order valence-electron chi connectivity index (χ4n) is 3.26. The van der Waals surface area contributed by atoms with Crippen LogP contribution in [0, 0.1) is 0 Å². The van der Waals surface area contributed by atoms with Gasteiger partial charge in [-0.1, -0.05) is 0 Å². The number of rotatable bonds is 19. The summed E-state index contributed by atoms with van der Waals surface area (Å²) in [6.07, 6.45) is -13.4. The third kappa shape index (κ3) is 13.9. The molecule has 12 nitrogen and oxygen atoms in total. The molecular formula is C20H42O12. The van der Waals surface area contributed by atoms with Crippen LogP contribution in [0.15, 0.2) is 0 Å². The van der Waals surface area contributed by atoms with Crippen LogP contribution in [0.4, 0.5) is 0 Å². The molecule has 194 valence electrons. The smallest absolute Gasteiger partial charge is 0.103 e. The summed E-state index contributed by atoms with van der Waals surface area (Å²) in [5.41, 5.74) is 0. The van der Waals surface area contributed by atoms with E-state index in [-0.39, 0.29) is 51.4 Å². The van der Waals surface area contributed by atoms with Gasteiger partial charge < -0.3 is 61.3 Å². The van der Waals surface area contributed by atoms with Crippen molar-refractivity contribution in [3.63, 3.8) is 0 Å². The van der Waals surface area contributed by atoms with Gasteiger partial charge in [0.2, 0.25) is 0 Å². The van der Waals surface area contributed by atoms with Crippen LogP contribution in [0.3, 0.4) is 0 Å². The van der Waals surface area contributed by atoms with Gasteiger partial charge in [0.05, 0.1) is 68.1 Å². The van der Waals surface area contributed by atoms with Crippen molar-refractivity contribution in [3.05, 3.63) is 0 Å². The Morgan fingerprint density at radius 1 is 0.312 bits per heavy atom. The largest absolute Gasteiger partial charge is 0.394 e. The molecule has 0 amide bonds. The fourth-order valence-corrected chi connectivity index (χ4v) is 3.26. The van der Waals surface area contributed by atoms with Crippen LogP contribution in [0.2, 0.25) is 0 Å². The highest BCUT2D eigenvalue weighted by molar-refractivity contribution is 4.78. The first kappa shape index (κ1) is 31.5. The summed E-state index contributed by atoms with van der Waals surface area (Å²) in [6.45, 7) is -1.18. The normalized spacial score (nSPS) is 21.8. The lowest BCUT2D eigenvalue weighted by atomic mass is 9.95. The second-order valence-corrected chi connectivity index (χ2v) is 8.48. The molecule has 0 aliphatic heterocycles. The van der Waals surface area contributed by atoms with Gasteiger partial charge in [0.25, 0.3) is 0 Å². The standard InChI is InChI=1S/C20H42O12/c21-9-14(26)5-13(25)8-19(31)18(30)7-12(24)2-1-11(23)6-17(29)15(27)3-4-16(28)20(32)10-22/h11-32H,1-10H2. The van der Waals surface area contributed by atoms with Crippen molar-refractivity contribution in [2.45, 2.75) is 112 Å². The van der Waals surface area contributed by atoms with E-state index in [0.717, 1.165) is 0 Å². The van der Waals surface area contributed by atoms with Crippen LogP contribution in [-0.2, 0) is 0 Å². The molecule has 12 N–H and O–H groups in total. The number of aliphatic hydroxyl groups is 12. The van der Waals surface area contributed by atoms with Crippen molar-refractivity contribution in [2.75, 3.05) is 13.2 Å². The summed E-state index contributed by atoms with van der Waals surface area (Å²) in [6, 6.07) is 0. The van der Waals surface area contributed by atoms with Crippen molar-refractivity contribution >= 4 is 0 Å². The maximum atomic E-state index is 10.00. The zero-order valence-electron chi connectivity index (χ0n) is 18.2. The van der Waals surface area contributed by atoms with Gasteiger partial charge >= 0.3 is 0 Å². The predicted octanol–water partition coefficient (Wildman–Crippen LogP) is -4.30. The topological polar surface area (TPSA) is 243 Å². The first-order valence-electron chi connectivity index (χ1n) is 10.9. The van der Waals surface area contributed by atoms with Gasteiger partial charge in [-0.2, -0.15) is 0 Å². The Morgan fingerprint density at radius 3 is 1.09 bits per heavy atom. The molecule has 0 aliphatic rings. The SMILES string of the molecule is OCC(O)CC(O)CC(O)C(O)CC(O)CCC(O)CC(O)C(O)CCC(O)C(O)CO. The van der Waals surface area contributed by atoms with Crippen LogP contribution >= 0.6 is 0 Å². The average Bonchev–Trinajstić information content (AvgIpc) is 2.74. The molecular weight excluding hydrogens is 432 g/mol. The molecule has 0 heterocycles. The van der Waals surface area contributed by atoms with Crippen molar-refractivity contribution in [3.8, 4) is 0 Å². The molecule has 0 saturated carbocycles. The zero-order valence-corrected chi connectivity index (χ0v) is 18.2. The van der Waals surface area contributed by atoms with Crippen molar-refractivity contribution in [2.24, 2.45) is 0 Å². The lowest BCUT2D eigenvalue weighted by Crippen LogP contribution is -2.35. The maximum absolute atomic E-state index is 10.00. The average molecular weight is 475 g/mol. The summed E-state index contributed by atoms with van der Waals surface area (Å²) < 4.78 is 0. The number of hydrogen-bond acceptors (Lipinski definition) is 12. The second kappa shape index (κ2) is 17.0. The summed E-state index contributed by atoms with van der Waals surface area (Å²) in [5.74, 6) is 0. The quantitative estimate of drug-likeness (QED) is 0.0850. The molecule has 0 spiro atoms. The van der Waals surface area contributed by atoms with Gasteiger partial charge in [-0.05, 0) is 25.7 Å².